The summed E-state index contributed by atoms with van der Waals surface area (Å²) in [4.78, 5) is 23.3. The van der Waals surface area contributed by atoms with E-state index in [1.807, 2.05) is 18.5 Å². The smallest absolute Gasteiger partial charge is 0.306 e. The van der Waals surface area contributed by atoms with Crippen LogP contribution >= 0.6 is 31.9 Å². The minimum Gasteiger partial charge on any atom is -0.451 e. The predicted octanol–water partition coefficient (Wildman–Crippen LogP) is 2.16. The number of cyclic esters (lactones) is 1. The second-order valence-corrected chi connectivity index (χ2v) is 6.30. The molecule has 1 atom stereocenters. The van der Waals surface area contributed by atoms with E-state index in [4.69, 9.17) is 4.74 Å². The monoisotopic (exact) mass is 376 g/mol. The predicted molar refractivity (Wildman–Crippen MR) is 70.8 cm³/mol. The number of nitrogens with zero attached hydrogens (tertiary/aromatic N) is 1. The minimum atomic E-state index is -0.973. The lowest BCUT2D eigenvalue weighted by molar-refractivity contribution is -0.685. The van der Waals surface area contributed by atoms with Crippen LogP contribution in [0.4, 0.5) is 0 Å². The molecule has 0 unspecified atom stereocenters. The first-order valence-corrected chi connectivity index (χ1v) is 7.08. The molecular formula is C12H12Br2NO3+. The number of hydrogen-bond acceptors (Lipinski definition) is 3. The standard InChI is InChI=1S/C12H12Br2NO3/c1-12(3-2-11(17)18-12)10(16)7-15-5-8(13)4-9(14)6-15/h4-6H,2-3,7H2,1H3/q+1/t12-/m0/s1. The molecule has 1 aromatic heterocycles. The molecule has 2 rings (SSSR count). The Bertz CT molecular complexity index is 498. The molecule has 1 aliphatic heterocycles. The Hall–Kier alpha value is -0.750. The summed E-state index contributed by atoms with van der Waals surface area (Å²) in [6.07, 6.45) is 4.39. The van der Waals surface area contributed by atoms with Gasteiger partial charge in [-0.15, -0.1) is 0 Å². The number of hydrogen-bond donors (Lipinski definition) is 0. The lowest BCUT2D eigenvalue weighted by atomic mass is 9.97. The van der Waals surface area contributed by atoms with E-state index >= 15 is 0 Å². The number of pyridine rings is 1. The van der Waals surface area contributed by atoms with E-state index < -0.39 is 5.60 Å². The molecule has 1 fully saturated rings. The van der Waals surface area contributed by atoms with E-state index in [9.17, 15) is 9.59 Å². The first-order chi connectivity index (χ1) is 8.39. The highest BCUT2D eigenvalue weighted by atomic mass is 79.9. The van der Waals surface area contributed by atoms with Crippen molar-refractivity contribution in [2.75, 3.05) is 0 Å². The van der Waals surface area contributed by atoms with Gasteiger partial charge in [-0.05, 0) is 44.8 Å². The highest BCUT2D eigenvalue weighted by Crippen LogP contribution is 2.27. The van der Waals surface area contributed by atoms with E-state index in [0.717, 1.165) is 8.95 Å². The molecule has 1 saturated heterocycles. The van der Waals surface area contributed by atoms with E-state index in [-0.39, 0.29) is 18.3 Å². The van der Waals surface area contributed by atoms with Crippen LogP contribution in [0.3, 0.4) is 0 Å². The Kier molecular flexibility index (Phi) is 3.87. The molecule has 6 heteroatoms. The molecule has 18 heavy (non-hydrogen) atoms. The number of carbonyl (C=O) groups excluding carboxylic acids is 2. The number of rotatable bonds is 3. The summed E-state index contributed by atoms with van der Waals surface area (Å²) in [6.45, 7) is 1.86. The van der Waals surface area contributed by atoms with E-state index in [1.54, 1.807) is 11.5 Å². The van der Waals surface area contributed by atoms with Gasteiger partial charge in [-0.25, -0.2) is 0 Å². The van der Waals surface area contributed by atoms with Gasteiger partial charge in [0.15, 0.2) is 18.0 Å². The van der Waals surface area contributed by atoms with Crippen molar-refractivity contribution in [1.29, 1.82) is 0 Å². The fourth-order valence-electron chi connectivity index (χ4n) is 1.87. The van der Waals surface area contributed by atoms with E-state index in [0.29, 0.717) is 12.8 Å². The summed E-state index contributed by atoms with van der Waals surface area (Å²) in [6, 6.07) is 1.89. The average molecular weight is 378 g/mol. The van der Waals surface area contributed by atoms with Gasteiger partial charge in [0.1, 0.15) is 0 Å². The molecule has 0 N–H and O–H groups in total. The number of carbonyl (C=O) groups is 2. The zero-order chi connectivity index (χ0) is 13.3. The Morgan fingerprint density at radius 3 is 2.56 bits per heavy atom. The summed E-state index contributed by atoms with van der Waals surface area (Å²) in [5.74, 6) is -0.394. The first kappa shape index (κ1) is 13.7. The lowest BCUT2D eigenvalue weighted by Gasteiger charge is -2.18. The second-order valence-electron chi connectivity index (χ2n) is 4.47. The molecule has 0 aromatic carbocycles. The van der Waals surface area contributed by atoms with Crippen molar-refractivity contribution in [3.63, 3.8) is 0 Å². The van der Waals surface area contributed by atoms with Crippen molar-refractivity contribution in [3.8, 4) is 0 Å². The van der Waals surface area contributed by atoms with Crippen molar-refractivity contribution in [3.05, 3.63) is 27.4 Å². The maximum absolute atomic E-state index is 12.2. The summed E-state index contributed by atoms with van der Waals surface area (Å²) in [7, 11) is 0. The Morgan fingerprint density at radius 2 is 2.06 bits per heavy atom. The van der Waals surface area contributed by atoms with Gasteiger partial charge < -0.3 is 4.74 Å². The topological polar surface area (TPSA) is 47.2 Å². The van der Waals surface area contributed by atoms with Crippen molar-refractivity contribution in [1.82, 2.24) is 0 Å². The Balaban J connectivity index is 2.14. The van der Waals surface area contributed by atoms with Gasteiger partial charge in [0.05, 0.1) is 8.95 Å². The molecule has 0 aliphatic carbocycles. The minimum absolute atomic E-state index is 0.0941. The van der Waals surface area contributed by atoms with Gasteiger partial charge in [0.25, 0.3) is 0 Å². The summed E-state index contributed by atoms with van der Waals surface area (Å²) in [5.41, 5.74) is -0.973. The van der Waals surface area contributed by atoms with Gasteiger partial charge in [0, 0.05) is 12.8 Å². The summed E-state index contributed by atoms with van der Waals surface area (Å²) in [5, 5.41) is 0. The van der Waals surface area contributed by atoms with Crippen LogP contribution in [-0.2, 0) is 20.9 Å². The van der Waals surface area contributed by atoms with Crippen LogP contribution < -0.4 is 4.57 Å². The van der Waals surface area contributed by atoms with Crippen LogP contribution in [0.2, 0.25) is 0 Å². The highest BCUT2D eigenvalue weighted by molar-refractivity contribution is 9.11. The third kappa shape index (κ3) is 2.98. The van der Waals surface area contributed by atoms with Gasteiger partial charge in [-0.3, -0.25) is 9.59 Å². The van der Waals surface area contributed by atoms with Gasteiger partial charge >= 0.3 is 5.97 Å². The second kappa shape index (κ2) is 5.09. The SMILES string of the molecule is C[C@@]1(C(=O)C[n+]2cc(Br)cc(Br)c2)CCC(=O)O1. The third-order valence-corrected chi connectivity index (χ3v) is 3.78. The van der Waals surface area contributed by atoms with Gasteiger partial charge in [-0.1, -0.05) is 0 Å². The molecule has 1 aromatic rings. The normalized spacial score (nSPS) is 22.9. The third-order valence-electron chi connectivity index (χ3n) is 2.92. The van der Waals surface area contributed by atoms with Crippen LogP contribution in [0.5, 0.6) is 0 Å². The van der Waals surface area contributed by atoms with Crippen molar-refractivity contribution >= 4 is 43.6 Å². The summed E-state index contributed by atoms with van der Waals surface area (Å²) < 4.78 is 8.62. The molecule has 0 radical (unpaired) electrons. The number of aromatic nitrogens is 1. The molecule has 2 heterocycles. The largest absolute Gasteiger partial charge is 0.451 e. The van der Waals surface area contributed by atoms with Crippen molar-refractivity contribution in [2.24, 2.45) is 0 Å². The van der Waals surface area contributed by atoms with Crippen LogP contribution in [0.15, 0.2) is 27.4 Å². The maximum atomic E-state index is 12.2. The van der Waals surface area contributed by atoms with Crippen molar-refractivity contribution in [2.45, 2.75) is 31.9 Å². The lowest BCUT2D eigenvalue weighted by Crippen LogP contribution is -2.46. The van der Waals surface area contributed by atoms with Gasteiger partial charge in [0.2, 0.25) is 12.3 Å². The van der Waals surface area contributed by atoms with Crippen LogP contribution in [-0.4, -0.2) is 17.4 Å². The van der Waals surface area contributed by atoms with Crippen LogP contribution in [0.1, 0.15) is 19.8 Å². The molecule has 0 bridgehead atoms. The number of halogens is 2. The fraction of sp³-hybridized carbons (Fsp3) is 0.417. The molecule has 0 saturated carbocycles. The van der Waals surface area contributed by atoms with Crippen molar-refractivity contribution < 1.29 is 18.9 Å². The molecule has 0 amide bonds. The van der Waals surface area contributed by atoms with E-state index in [1.165, 1.54) is 0 Å². The number of esters is 1. The zero-order valence-electron chi connectivity index (χ0n) is 9.78. The van der Waals surface area contributed by atoms with E-state index in [2.05, 4.69) is 31.9 Å². The Labute approximate surface area is 122 Å². The zero-order valence-corrected chi connectivity index (χ0v) is 13.0. The summed E-state index contributed by atoms with van der Waals surface area (Å²) >= 11 is 6.72. The molecule has 96 valence electrons. The quantitative estimate of drug-likeness (QED) is 0.599. The molecular weight excluding hydrogens is 366 g/mol. The number of ketones is 1. The fourth-order valence-corrected chi connectivity index (χ4v) is 3.20. The Morgan fingerprint density at radius 1 is 1.44 bits per heavy atom. The molecule has 1 aliphatic rings. The van der Waals surface area contributed by atoms with Crippen LogP contribution in [0.25, 0.3) is 0 Å². The molecule has 0 spiro atoms. The average Bonchev–Trinajstić information content (AvgIpc) is 2.58. The first-order valence-electron chi connectivity index (χ1n) is 5.49. The number of Topliss-reactive ketones (excluding diaryl/α,β-unsaturated/α-hetero) is 1. The van der Waals surface area contributed by atoms with Crippen LogP contribution in [0, 0.1) is 0 Å². The maximum Gasteiger partial charge on any atom is 0.306 e. The highest BCUT2D eigenvalue weighted by Gasteiger charge is 2.43. The van der Waals surface area contributed by atoms with Gasteiger partial charge in [-0.2, -0.15) is 4.57 Å². The molecule has 4 nitrogen and oxygen atoms in total. The number of ether oxygens (including phenoxy) is 1.